The summed E-state index contributed by atoms with van der Waals surface area (Å²) in [5.74, 6) is 0.925. The van der Waals surface area contributed by atoms with Crippen LogP contribution in [-0.4, -0.2) is 16.8 Å². The summed E-state index contributed by atoms with van der Waals surface area (Å²) < 4.78 is 8.50. The molecule has 0 spiro atoms. The topological polar surface area (TPSA) is 34.4 Å². The van der Waals surface area contributed by atoms with E-state index in [1.807, 2.05) is 23.9 Å². The first-order chi connectivity index (χ1) is 7.06. The summed E-state index contributed by atoms with van der Waals surface area (Å²) in [6.07, 6.45) is 1.88. The van der Waals surface area contributed by atoms with Crippen molar-refractivity contribution in [1.82, 2.24) is 4.57 Å². The van der Waals surface area contributed by atoms with E-state index in [0.717, 1.165) is 16.7 Å². The van der Waals surface area contributed by atoms with Crippen molar-refractivity contribution < 1.29 is 9.84 Å². The average molecular weight is 335 g/mol. The molecule has 1 N–H and O–H groups in total. The Balaban J connectivity index is 2.95. The van der Waals surface area contributed by atoms with E-state index >= 15 is 0 Å². The number of nitrogens with zero attached hydrogens (tertiary/aromatic N) is 1. The summed E-state index contributed by atoms with van der Waals surface area (Å²) >= 11 is 6.66. The van der Waals surface area contributed by atoms with Gasteiger partial charge < -0.3 is 14.4 Å². The molecule has 0 aliphatic rings. The van der Waals surface area contributed by atoms with Crippen LogP contribution in [0.25, 0.3) is 10.9 Å². The number of fused-ring (bicyclic) bond motifs is 1. The number of hydrogen-bond acceptors (Lipinski definition) is 2. The minimum absolute atomic E-state index is 0.187. The summed E-state index contributed by atoms with van der Waals surface area (Å²) in [6, 6.07) is 1.86. The fourth-order valence-electron chi connectivity index (χ4n) is 1.57. The highest BCUT2D eigenvalue weighted by molar-refractivity contribution is 9.11. The van der Waals surface area contributed by atoms with Gasteiger partial charge >= 0.3 is 0 Å². The second-order valence-corrected chi connectivity index (χ2v) is 4.87. The highest BCUT2D eigenvalue weighted by Crippen LogP contribution is 2.43. The molecule has 0 fully saturated rings. The van der Waals surface area contributed by atoms with Crippen molar-refractivity contribution in [2.24, 2.45) is 7.05 Å². The number of hydrogen-bond donors (Lipinski definition) is 1. The van der Waals surface area contributed by atoms with Crippen LogP contribution in [0.5, 0.6) is 11.5 Å². The minimum Gasteiger partial charge on any atom is -0.506 e. The van der Waals surface area contributed by atoms with E-state index in [9.17, 15) is 5.11 Å². The molecule has 80 valence electrons. The monoisotopic (exact) mass is 333 g/mol. The molecule has 0 saturated carbocycles. The smallest absolute Gasteiger partial charge is 0.145 e. The summed E-state index contributed by atoms with van der Waals surface area (Å²) in [5.41, 5.74) is 0.989. The average Bonchev–Trinajstić information content (AvgIpc) is 2.52. The number of rotatable bonds is 1. The zero-order valence-corrected chi connectivity index (χ0v) is 11.4. The number of aryl methyl sites for hydroxylation is 1. The lowest BCUT2D eigenvalue weighted by Gasteiger charge is -2.04. The SMILES string of the molecule is COc1cn(C)c2cc(Br)c(O)c(Br)c12. The molecule has 0 atom stereocenters. The Labute approximate surface area is 104 Å². The third-order valence-corrected chi connectivity index (χ3v) is 3.71. The zero-order chi connectivity index (χ0) is 11.2. The predicted octanol–water partition coefficient (Wildman–Crippen LogP) is 3.42. The van der Waals surface area contributed by atoms with Crippen LogP contribution in [0.1, 0.15) is 0 Å². The molecule has 2 aromatic rings. The van der Waals surface area contributed by atoms with Crippen molar-refractivity contribution in [1.29, 1.82) is 0 Å². The number of methoxy groups -OCH3 is 1. The number of phenols is 1. The Morgan fingerprint density at radius 3 is 2.67 bits per heavy atom. The molecular weight excluding hydrogens is 326 g/mol. The molecule has 15 heavy (non-hydrogen) atoms. The van der Waals surface area contributed by atoms with E-state index < -0.39 is 0 Å². The van der Waals surface area contributed by atoms with Gasteiger partial charge in [-0.05, 0) is 37.9 Å². The fraction of sp³-hybridized carbons (Fsp3) is 0.200. The molecule has 0 aliphatic heterocycles. The van der Waals surface area contributed by atoms with E-state index in [1.54, 1.807) is 7.11 Å². The Hall–Kier alpha value is -0.680. The van der Waals surface area contributed by atoms with Crippen LogP contribution in [0.15, 0.2) is 21.2 Å². The van der Waals surface area contributed by atoms with Crippen LogP contribution in [0.3, 0.4) is 0 Å². The summed E-state index contributed by atoms with van der Waals surface area (Å²) in [4.78, 5) is 0. The first-order valence-corrected chi connectivity index (χ1v) is 5.84. The van der Waals surface area contributed by atoms with Crippen molar-refractivity contribution in [3.8, 4) is 11.5 Å². The Bertz CT molecular complexity index is 534. The predicted molar refractivity (Wildman–Crippen MR) is 66.5 cm³/mol. The molecule has 0 aliphatic carbocycles. The van der Waals surface area contributed by atoms with Gasteiger partial charge in [0.2, 0.25) is 0 Å². The maximum absolute atomic E-state index is 9.77. The van der Waals surface area contributed by atoms with Gasteiger partial charge in [-0.1, -0.05) is 0 Å². The van der Waals surface area contributed by atoms with E-state index in [0.29, 0.717) is 8.95 Å². The van der Waals surface area contributed by atoms with Gasteiger partial charge in [-0.3, -0.25) is 0 Å². The van der Waals surface area contributed by atoms with Gasteiger partial charge in [-0.2, -0.15) is 0 Å². The van der Waals surface area contributed by atoms with Gasteiger partial charge in [0.1, 0.15) is 11.5 Å². The van der Waals surface area contributed by atoms with Gasteiger partial charge in [-0.15, -0.1) is 0 Å². The normalized spacial score (nSPS) is 10.9. The van der Waals surface area contributed by atoms with Gasteiger partial charge in [0, 0.05) is 13.2 Å². The number of halogens is 2. The highest BCUT2D eigenvalue weighted by Gasteiger charge is 2.15. The Morgan fingerprint density at radius 1 is 1.40 bits per heavy atom. The van der Waals surface area contributed by atoms with E-state index in [2.05, 4.69) is 31.9 Å². The van der Waals surface area contributed by atoms with E-state index in [1.165, 1.54) is 0 Å². The maximum Gasteiger partial charge on any atom is 0.145 e. The second kappa shape index (κ2) is 3.72. The van der Waals surface area contributed by atoms with Crippen molar-refractivity contribution in [3.05, 3.63) is 21.2 Å². The third kappa shape index (κ3) is 1.54. The minimum atomic E-state index is 0.187. The summed E-state index contributed by atoms with van der Waals surface area (Å²) in [7, 11) is 3.54. The molecule has 2 rings (SSSR count). The van der Waals surface area contributed by atoms with Crippen LogP contribution >= 0.6 is 31.9 Å². The molecule has 0 radical (unpaired) electrons. The number of aromatic hydroxyl groups is 1. The van der Waals surface area contributed by atoms with Gasteiger partial charge in [0.05, 0.1) is 27.0 Å². The molecule has 3 nitrogen and oxygen atoms in total. The molecule has 1 aromatic carbocycles. The fourth-order valence-corrected chi connectivity index (χ4v) is 2.87. The Kier molecular flexibility index (Phi) is 2.68. The van der Waals surface area contributed by atoms with Crippen LogP contribution in [-0.2, 0) is 7.05 Å². The van der Waals surface area contributed by atoms with Crippen LogP contribution in [0.2, 0.25) is 0 Å². The first kappa shape index (κ1) is 10.8. The van der Waals surface area contributed by atoms with Crippen molar-refractivity contribution in [3.63, 3.8) is 0 Å². The zero-order valence-electron chi connectivity index (χ0n) is 8.21. The highest BCUT2D eigenvalue weighted by atomic mass is 79.9. The quantitative estimate of drug-likeness (QED) is 0.867. The number of aromatic nitrogens is 1. The molecule has 0 bridgehead atoms. The maximum atomic E-state index is 9.77. The molecule has 0 unspecified atom stereocenters. The number of ether oxygens (including phenoxy) is 1. The van der Waals surface area contributed by atoms with E-state index in [4.69, 9.17) is 4.74 Å². The lowest BCUT2D eigenvalue weighted by atomic mass is 10.2. The van der Waals surface area contributed by atoms with Crippen molar-refractivity contribution >= 4 is 42.8 Å². The molecule has 0 saturated heterocycles. The molecule has 1 aromatic heterocycles. The third-order valence-electron chi connectivity index (χ3n) is 2.33. The van der Waals surface area contributed by atoms with Gasteiger partial charge in [0.15, 0.2) is 0 Å². The standard InChI is InChI=1S/C10H9Br2NO2/c1-13-4-7(15-2)8-6(13)3-5(11)10(14)9(8)12/h3-4,14H,1-2H3. The summed E-state index contributed by atoms with van der Waals surface area (Å²) in [5, 5.41) is 10.7. The molecule has 1 heterocycles. The van der Waals surface area contributed by atoms with E-state index in [-0.39, 0.29) is 5.75 Å². The van der Waals surface area contributed by atoms with Crippen molar-refractivity contribution in [2.75, 3.05) is 7.11 Å². The molecule has 0 amide bonds. The lowest BCUT2D eigenvalue weighted by molar-refractivity contribution is 0.418. The number of phenolic OH excluding ortho intramolecular Hbond substituents is 1. The molecule has 5 heteroatoms. The first-order valence-electron chi connectivity index (χ1n) is 4.26. The van der Waals surface area contributed by atoms with Crippen LogP contribution in [0.4, 0.5) is 0 Å². The molecular formula is C10H9Br2NO2. The second-order valence-electron chi connectivity index (χ2n) is 3.22. The van der Waals surface area contributed by atoms with Crippen molar-refractivity contribution in [2.45, 2.75) is 0 Å². The van der Waals surface area contributed by atoms with Crippen LogP contribution in [0, 0.1) is 0 Å². The van der Waals surface area contributed by atoms with Gasteiger partial charge in [0.25, 0.3) is 0 Å². The summed E-state index contributed by atoms with van der Waals surface area (Å²) in [6.45, 7) is 0. The van der Waals surface area contributed by atoms with Crippen LogP contribution < -0.4 is 4.74 Å². The lowest BCUT2D eigenvalue weighted by Crippen LogP contribution is -1.84. The Morgan fingerprint density at radius 2 is 2.07 bits per heavy atom. The number of benzene rings is 1. The largest absolute Gasteiger partial charge is 0.506 e. The van der Waals surface area contributed by atoms with Gasteiger partial charge in [-0.25, -0.2) is 0 Å².